The zero-order chi connectivity index (χ0) is 21.2. The van der Waals surface area contributed by atoms with E-state index >= 15 is 0 Å². The minimum atomic E-state index is -0.960. The van der Waals surface area contributed by atoms with Crippen LogP contribution < -0.4 is 5.56 Å². The number of benzene rings is 1. The van der Waals surface area contributed by atoms with Crippen LogP contribution in [0.5, 0.6) is 0 Å². The van der Waals surface area contributed by atoms with E-state index in [9.17, 15) is 14.4 Å². The van der Waals surface area contributed by atoms with Gasteiger partial charge in [-0.25, -0.2) is 9.59 Å². The van der Waals surface area contributed by atoms with Crippen LogP contribution in [0.3, 0.4) is 0 Å². The number of aromatic amines is 1. The largest absolute Gasteiger partial charge is 0.480 e. The Balaban J connectivity index is 0.000000166. The first kappa shape index (κ1) is 20.4. The second kappa shape index (κ2) is 7.98. The number of rotatable bonds is 1. The summed E-state index contributed by atoms with van der Waals surface area (Å²) in [5, 5.41) is 11.5. The molecule has 0 unspecified atom stereocenters. The van der Waals surface area contributed by atoms with Gasteiger partial charge in [-0.2, -0.15) is 0 Å². The molecule has 2 aromatic heterocycles. The van der Waals surface area contributed by atoms with Crippen LogP contribution in [-0.4, -0.2) is 45.2 Å². The highest BCUT2D eigenvalue weighted by atomic mass is 16.6. The number of carbonyl (C=O) groups excluding carboxylic acids is 1. The third-order valence-electron chi connectivity index (χ3n) is 4.55. The van der Waals surface area contributed by atoms with E-state index in [2.05, 4.69) is 4.98 Å². The quantitative estimate of drug-likeness (QED) is 0.643. The highest BCUT2D eigenvalue weighted by Gasteiger charge is 2.36. The Morgan fingerprint density at radius 3 is 2.62 bits per heavy atom. The van der Waals surface area contributed by atoms with E-state index in [0.717, 1.165) is 22.8 Å². The van der Waals surface area contributed by atoms with Gasteiger partial charge in [0.25, 0.3) is 5.56 Å². The first-order valence-corrected chi connectivity index (χ1v) is 9.37. The highest BCUT2D eigenvalue weighted by molar-refractivity contribution is 6.05. The van der Waals surface area contributed by atoms with Crippen molar-refractivity contribution in [3.05, 3.63) is 47.1 Å². The topological polar surface area (TPSA) is 113 Å². The van der Waals surface area contributed by atoms with Gasteiger partial charge in [-0.1, -0.05) is 0 Å². The number of likely N-dealkylation sites (tertiary alicyclic amines) is 1. The van der Waals surface area contributed by atoms with Gasteiger partial charge in [0, 0.05) is 23.5 Å². The highest BCUT2D eigenvalue weighted by Crippen LogP contribution is 2.23. The van der Waals surface area contributed by atoms with Crippen LogP contribution in [0.4, 0.5) is 4.79 Å². The average Bonchev–Trinajstić information content (AvgIpc) is 3.30. The van der Waals surface area contributed by atoms with Gasteiger partial charge in [0.1, 0.15) is 17.2 Å². The molecule has 1 amide bonds. The Hall–Kier alpha value is -3.29. The molecule has 0 saturated carbocycles. The fraction of sp³-hybridized carbons (Fsp3) is 0.381. The van der Waals surface area contributed by atoms with Crippen molar-refractivity contribution in [2.45, 2.75) is 45.3 Å². The summed E-state index contributed by atoms with van der Waals surface area (Å²) in [5.41, 5.74) is 0.164. The third kappa shape index (κ3) is 4.59. The zero-order valence-corrected chi connectivity index (χ0v) is 16.6. The van der Waals surface area contributed by atoms with Crippen LogP contribution >= 0.6 is 0 Å². The van der Waals surface area contributed by atoms with Gasteiger partial charge in [-0.3, -0.25) is 9.69 Å². The van der Waals surface area contributed by atoms with Crippen molar-refractivity contribution in [1.29, 1.82) is 0 Å². The Morgan fingerprint density at radius 1 is 1.17 bits per heavy atom. The molecule has 1 fully saturated rings. The van der Waals surface area contributed by atoms with Crippen LogP contribution in [-0.2, 0) is 9.53 Å². The fourth-order valence-corrected chi connectivity index (χ4v) is 3.28. The molecule has 0 bridgehead atoms. The Labute approximate surface area is 167 Å². The Kier molecular flexibility index (Phi) is 5.63. The summed E-state index contributed by atoms with van der Waals surface area (Å²) in [6.07, 6.45) is 3.97. The molecule has 8 nitrogen and oxygen atoms in total. The molecule has 154 valence electrons. The van der Waals surface area contributed by atoms with E-state index < -0.39 is 23.7 Å². The van der Waals surface area contributed by atoms with Crippen molar-refractivity contribution >= 4 is 33.8 Å². The van der Waals surface area contributed by atoms with E-state index in [-0.39, 0.29) is 5.56 Å². The van der Waals surface area contributed by atoms with Crippen molar-refractivity contribution in [2.75, 3.05) is 6.54 Å². The average molecular weight is 400 g/mol. The summed E-state index contributed by atoms with van der Waals surface area (Å²) in [5.74, 6) is -0.960. The van der Waals surface area contributed by atoms with Crippen molar-refractivity contribution in [3.63, 3.8) is 0 Å². The van der Waals surface area contributed by atoms with E-state index in [1.54, 1.807) is 39.3 Å². The zero-order valence-electron chi connectivity index (χ0n) is 16.6. The van der Waals surface area contributed by atoms with Crippen LogP contribution in [0.15, 0.2) is 45.9 Å². The monoisotopic (exact) mass is 400 g/mol. The summed E-state index contributed by atoms with van der Waals surface area (Å²) in [6, 6.07) is 6.62. The lowest BCUT2D eigenvalue weighted by atomic mass is 10.1. The van der Waals surface area contributed by atoms with E-state index in [4.69, 9.17) is 14.3 Å². The van der Waals surface area contributed by atoms with Crippen molar-refractivity contribution in [3.8, 4) is 0 Å². The number of hydrogen-bond acceptors (Lipinski definition) is 5. The maximum atomic E-state index is 11.6. The van der Waals surface area contributed by atoms with Crippen molar-refractivity contribution in [1.82, 2.24) is 9.88 Å². The minimum absolute atomic E-state index is 0.0643. The van der Waals surface area contributed by atoms with Crippen LogP contribution in [0.25, 0.3) is 21.7 Å². The number of hydrogen-bond donors (Lipinski definition) is 2. The molecule has 4 rings (SSSR count). The molecule has 3 aromatic rings. The summed E-state index contributed by atoms with van der Waals surface area (Å²) >= 11 is 0. The van der Waals surface area contributed by atoms with Gasteiger partial charge in [0.15, 0.2) is 0 Å². The predicted octanol–water partition coefficient (Wildman–Crippen LogP) is 3.74. The van der Waals surface area contributed by atoms with Gasteiger partial charge < -0.3 is 19.2 Å². The standard InChI is InChI=1S/C11H7NO2.C10H17NO4/c13-11-9-1-2-10-8(4-6-14-10)7(9)3-5-12-11;1-10(2,3)15-9(14)11-6-4-5-7(11)8(12)13/h1-6H,(H,12,13);7H,4-6H2,1-3H3,(H,12,13)/t;7-/m.0/s1. The number of carboxylic acids is 1. The smallest absolute Gasteiger partial charge is 0.411 e. The number of fused-ring (bicyclic) bond motifs is 3. The SMILES string of the molecule is CC(C)(C)OC(=O)N1CCC[C@H]1C(=O)O.O=c1[nH]ccc2c1ccc1occc12. The predicted molar refractivity (Wildman–Crippen MR) is 108 cm³/mol. The normalized spacial score (nSPS) is 16.5. The second-order valence-corrected chi connectivity index (χ2v) is 7.84. The van der Waals surface area contributed by atoms with Crippen molar-refractivity contribution < 1.29 is 23.8 Å². The Bertz CT molecular complexity index is 1090. The first-order chi connectivity index (χ1) is 13.7. The number of amides is 1. The molecule has 1 aliphatic rings. The number of aliphatic carboxylic acids is 1. The number of nitrogens with zero attached hydrogens (tertiary/aromatic N) is 1. The molecule has 8 heteroatoms. The number of H-pyrrole nitrogens is 1. The minimum Gasteiger partial charge on any atom is -0.480 e. The molecule has 0 aliphatic carbocycles. The van der Waals surface area contributed by atoms with E-state index in [0.29, 0.717) is 18.4 Å². The molecule has 0 spiro atoms. The lowest BCUT2D eigenvalue weighted by Gasteiger charge is -2.26. The number of carbonyl (C=O) groups is 2. The molecule has 1 aliphatic heterocycles. The fourth-order valence-electron chi connectivity index (χ4n) is 3.28. The summed E-state index contributed by atoms with van der Waals surface area (Å²) in [4.78, 5) is 37.8. The van der Waals surface area contributed by atoms with Crippen LogP contribution in [0.2, 0.25) is 0 Å². The molecular formula is C21H24N2O6. The van der Waals surface area contributed by atoms with Crippen LogP contribution in [0.1, 0.15) is 33.6 Å². The van der Waals surface area contributed by atoms with Gasteiger partial charge in [0.05, 0.1) is 6.26 Å². The second-order valence-electron chi connectivity index (χ2n) is 7.84. The van der Waals surface area contributed by atoms with Gasteiger partial charge in [0.2, 0.25) is 0 Å². The van der Waals surface area contributed by atoms with Crippen LogP contribution in [0, 0.1) is 0 Å². The molecule has 29 heavy (non-hydrogen) atoms. The Morgan fingerprint density at radius 2 is 1.93 bits per heavy atom. The number of furan rings is 1. The number of nitrogens with one attached hydrogen (secondary N) is 1. The van der Waals surface area contributed by atoms with E-state index in [1.165, 1.54) is 4.90 Å². The van der Waals surface area contributed by atoms with Gasteiger partial charge >= 0.3 is 12.1 Å². The summed E-state index contributed by atoms with van der Waals surface area (Å²) in [6.45, 7) is 5.75. The molecule has 2 N–H and O–H groups in total. The lowest BCUT2D eigenvalue weighted by Crippen LogP contribution is -2.43. The number of carboxylic acid groups (broad SMARTS) is 1. The van der Waals surface area contributed by atoms with Gasteiger partial charge in [-0.15, -0.1) is 0 Å². The van der Waals surface area contributed by atoms with Gasteiger partial charge in [-0.05, 0) is 63.3 Å². The molecule has 3 heterocycles. The molecule has 1 atom stereocenters. The number of aromatic nitrogens is 1. The first-order valence-electron chi connectivity index (χ1n) is 9.37. The van der Waals surface area contributed by atoms with E-state index in [1.807, 2.05) is 18.2 Å². The molecule has 1 saturated heterocycles. The maximum absolute atomic E-state index is 11.6. The molecule has 0 radical (unpaired) electrons. The summed E-state index contributed by atoms with van der Waals surface area (Å²) < 4.78 is 10.4. The lowest BCUT2D eigenvalue weighted by molar-refractivity contribution is -0.142. The molecular weight excluding hydrogens is 376 g/mol. The van der Waals surface area contributed by atoms with Crippen molar-refractivity contribution in [2.24, 2.45) is 0 Å². The number of ether oxygens (including phenoxy) is 1. The maximum Gasteiger partial charge on any atom is 0.411 e. The summed E-state index contributed by atoms with van der Waals surface area (Å²) in [7, 11) is 0. The third-order valence-corrected chi connectivity index (χ3v) is 4.55. The number of pyridine rings is 1. The molecule has 1 aromatic carbocycles.